The van der Waals surface area contributed by atoms with Crippen molar-refractivity contribution in [2.24, 2.45) is 0 Å². The first kappa shape index (κ1) is 19.9. The number of nitrogens with zero attached hydrogens (tertiary/aromatic N) is 5. The SMILES string of the molecule is Cl.Cl.c1ccc2[nH]c(N3CCN(Cc4cc5n(n4)CCNC5)CC3)nc2c1. The summed E-state index contributed by atoms with van der Waals surface area (Å²) in [6.07, 6.45) is 0. The predicted octanol–water partition coefficient (Wildman–Crippen LogP) is 2.03. The van der Waals surface area contributed by atoms with Crippen LogP contribution in [0.2, 0.25) is 0 Å². The lowest BCUT2D eigenvalue weighted by Crippen LogP contribution is -2.46. The number of nitrogens with one attached hydrogen (secondary N) is 2. The molecule has 1 saturated heterocycles. The number of anilines is 1. The van der Waals surface area contributed by atoms with Crippen molar-refractivity contribution in [2.75, 3.05) is 37.6 Å². The lowest BCUT2D eigenvalue weighted by atomic mass is 10.2. The molecule has 0 aliphatic carbocycles. The third-order valence-electron chi connectivity index (χ3n) is 5.15. The maximum atomic E-state index is 4.75. The molecule has 1 aromatic carbocycles. The van der Waals surface area contributed by atoms with Gasteiger partial charge in [0.2, 0.25) is 5.95 Å². The number of para-hydroxylation sites is 2. The van der Waals surface area contributed by atoms with E-state index in [4.69, 9.17) is 10.1 Å². The molecule has 0 amide bonds. The molecule has 4 heterocycles. The molecule has 2 N–H and O–H groups in total. The molecule has 3 aromatic rings. The van der Waals surface area contributed by atoms with Gasteiger partial charge in [0.15, 0.2) is 0 Å². The van der Waals surface area contributed by atoms with Crippen LogP contribution in [0.5, 0.6) is 0 Å². The number of halogens is 2. The number of aromatic amines is 1. The third-order valence-corrected chi connectivity index (χ3v) is 5.15. The first-order valence-electron chi connectivity index (χ1n) is 9.03. The van der Waals surface area contributed by atoms with Crippen molar-refractivity contribution in [1.29, 1.82) is 0 Å². The minimum Gasteiger partial charge on any atom is -0.340 e. The molecule has 0 radical (unpaired) electrons. The van der Waals surface area contributed by atoms with Crippen LogP contribution in [0.3, 0.4) is 0 Å². The Bertz CT molecular complexity index is 826. The highest BCUT2D eigenvalue weighted by molar-refractivity contribution is 5.85. The van der Waals surface area contributed by atoms with Gasteiger partial charge < -0.3 is 15.2 Å². The second kappa shape index (κ2) is 8.48. The highest BCUT2D eigenvalue weighted by Gasteiger charge is 2.21. The largest absolute Gasteiger partial charge is 0.340 e. The molecule has 2 aromatic heterocycles. The quantitative estimate of drug-likeness (QED) is 0.692. The summed E-state index contributed by atoms with van der Waals surface area (Å²) in [6.45, 7) is 7.94. The van der Waals surface area contributed by atoms with Crippen LogP contribution in [-0.2, 0) is 19.6 Å². The molecular weight excluding hydrogens is 385 g/mol. The van der Waals surface area contributed by atoms with Crippen LogP contribution >= 0.6 is 24.8 Å². The Kier molecular flexibility index (Phi) is 6.26. The van der Waals surface area contributed by atoms with Crippen LogP contribution in [0, 0.1) is 0 Å². The number of hydrogen-bond acceptors (Lipinski definition) is 5. The van der Waals surface area contributed by atoms with Crippen molar-refractivity contribution in [1.82, 2.24) is 30.0 Å². The van der Waals surface area contributed by atoms with Crippen LogP contribution in [0.25, 0.3) is 11.0 Å². The first-order valence-corrected chi connectivity index (χ1v) is 9.03. The summed E-state index contributed by atoms with van der Waals surface area (Å²) in [5.41, 5.74) is 4.65. The third kappa shape index (κ3) is 4.06. The summed E-state index contributed by atoms with van der Waals surface area (Å²) in [5, 5.41) is 8.16. The van der Waals surface area contributed by atoms with Crippen molar-refractivity contribution in [3.8, 4) is 0 Å². The Balaban J connectivity index is 0.00000105. The van der Waals surface area contributed by atoms with Crippen molar-refractivity contribution >= 4 is 41.8 Å². The zero-order valence-corrected chi connectivity index (χ0v) is 16.7. The minimum atomic E-state index is 0. The molecule has 5 rings (SSSR count). The van der Waals surface area contributed by atoms with Gasteiger partial charge in [0, 0.05) is 45.8 Å². The zero-order chi connectivity index (χ0) is 16.6. The van der Waals surface area contributed by atoms with Gasteiger partial charge in [-0.25, -0.2) is 4.98 Å². The van der Waals surface area contributed by atoms with Gasteiger partial charge in [0.1, 0.15) is 0 Å². The van der Waals surface area contributed by atoms with Gasteiger partial charge in [-0.15, -0.1) is 24.8 Å². The summed E-state index contributed by atoms with van der Waals surface area (Å²) in [6, 6.07) is 10.5. The number of benzene rings is 1. The molecule has 1 fully saturated rings. The highest BCUT2D eigenvalue weighted by Crippen LogP contribution is 2.19. The standard InChI is InChI=1S/C18H23N7.2ClH/c1-2-4-17-16(3-1)20-18(21-17)24-9-7-23(8-10-24)13-14-11-15-12-19-5-6-25(15)22-14;;/h1-4,11,19H,5-10,12-13H2,(H,20,21);2*1H. The summed E-state index contributed by atoms with van der Waals surface area (Å²) in [4.78, 5) is 13.0. The average Bonchev–Trinajstić information content (AvgIpc) is 3.25. The van der Waals surface area contributed by atoms with Gasteiger partial charge >= 0.3 is 0 Å². The van der Waals surface area contributed by atoms with Gasteiger partial charge in [-0.2, -0.15) is 5.10 Å². The number of hydrogen-bond donors (Lipinski definition) is 2. The van der Waals surface area contributed by atoms with E-state index in [1.807, 2.05) is 12.1 Å². The Hall–Kier alpha value is -1.80. The van der Waals surface area contributed by atoms with E-state index in [1.54, 1.807) is 0 Å². The second-order valence-corrected chi connectivity index (χ2v) is 6.87. The fraction of sp³-hybridized carbons (Fsp3) is 0.444. The summed E-state index contributed by atoms with van der Waals surface area (Å²) >= 11 is 0. The normalized spacial score (nSPS) is 17.3. The second-order valence-electron chi connectivity index (χ2n) is 6.87. The van der Waals surface area contributed by atoms with Gasteiger partial charge in [0.25, 0.3) is 0 Å². The van der Waals surface area contributed by atoms with E-state index in [0.717, 1.165) is 69.3 Å². The Morgan fingerprint density at radius 2 is 1.81 bits per heavy atom. The molecule has 0 unspecified atom stereocenters. The molecule has 2 aliphatic heterocycles. The molecule has 146 valence electrons. The first-order chi connectivity index (χ1) is 12.3. The van der Waals surface area contributed by atoms with Crippen molar-refractivity contribution in [2.45, 2.75) is 19.6 Å². The van der Waals surface area contributed by atoms with Gasteiger partial charge in [-0.1, -0.05) is 12.1 Å². The van der Waals surface area contributed by atoms with E-state index in [-0.39, 0.29) is 24.8 Å². The Morgan fingerprint density at radius 3 is 2.59 bits per heavy atom. The molecule has 0 atom stereocenters. The molecule has 0 saturated carbocycles. The van der Waals surface area contributed by atoms with Crippen molar-refractivity contribution in [3.05, 3.63) is 41.7 Å². The maximum Gasteiger partial charge on any atom is 0.203 e. The molecule has 9 heteroatoms. The van der Waals surface area contributed by atoms with E-state index in [1.165, 1.54) is 11.4 Å². The van der Waals surface area contributed by atoms with Gasteiger partial charge in [-0.05, 0) is 18.2 Å². The molecular formula is C18H25Cl2N7. The monoisotopic (exact) mass is 409 g/mol. The number of imidazole rings is 1. The summed E-state index contributed by atoms with van der Waals surface area (Å²) in [5.74, 6) is 0.990. The van der Waals surface area contributed by atoms with Gasteiger partial charge in [-0.3, -0.25) is 9.58 Å². The molecule has 7 nitrogen and oxygen atoms in total. The van der Waals surface area contributed by atoms with Crippen LogP contribution < -0.4 is 10.2 Å². The number of piperazine rings is 1. The summed E-state index contributed by atoms with van der Waals surface area (Å²) < 4.78 is 2.15. The van der Waals surface area contributed by atoms with Crippen LogP contribution in [-0.4, -0.2) is 57.4 Å². The highest BCUT2D eigenvalue weighted by atomic mass is 35.5. The number of rotatable bonds is 3. The smallest absolute Gasteiger partial charge is 0.203 e. The van der Waals surface area contributed by atoms with Crippen LogP contribution in [0.4, 0.5) is 5.95 Å². The number of fused-ring (bicyclic) bond motifs is 2. The van der Waals surface area contributed by atoms with E-state index >= 15 is 0 Å². The number of H-pyrrole nitrogens is 1. The molecule has 0 bridgehead atoms. The van der Waals surface area contributed by atoms with Crippen molar-refractivity contribution < 1.29 is 0 Å². The van der Waals surface area contributed by atoms with Crippen molar-refractivity contribution in [3.63, 3.8) is 0 Å². The minimum absolute atomic E-state index is 0. The molecule has 2 aliphatic rings. The Morgan fingerprint density at radius 1 is 1.00 bits per heavy atom. The summed E-state index contributed by atoms with van der Waals surface area (Å²) in [7, 11) is 0. The lowest BCUT2D eigenvalue weighted by Gasteiger charge is -2.34. The average molecular weight is 410 g/mol. The van der Waals surface area contributed by atoms with Crippen LogP contribution in [0.15, 0.2) is 30.3 Å². The molecule has 27 heavy (non-hydrogen) atoms. The fourth-order valence-electron chi connectivity index (χ4n) is 3.77. The molecule has 0 spiro atoms. The maximum absolute atomic E-state index is 4.75. The van der Waals surface area contributed by atoms with E-state index in [0.29, 0.717) is 0 Å². The number of aromatic nitrogens is 4. The van der Waals surface area contributed by atoms with Crippen LogP contribution in [0.1, 0.15) is 11.4 Å². The lowest BCUT2D eigenvalue weighted by molar-refractivity contribution is 0.245. The topological polar surface area (TPSA) is 65.0 Å². The van der Waals surface area contributed by atoms with E-state index in [2.05, 4.69) is 43.0 Å². The van der Waals surface area contributed by atoms with E-state index < -0.39 is 0 Å². The zero-order valence-electron chi connectivity index (χ0n) is 15.1. The fourth-order valence-corrected chi connectivity index (χ4v) is 3.77. The predicted molar refractivity (Wildman–Crippen MR) is 112 cm³/mol. The Labute approximate surface area is 170 Å². The van der Waals surface area contributed by atoms with E-state index in [9.17, 15) is 0 Å². The van der Waals surface area contributed by atoms with Gasteiger partial charge in [0.05, 0.1) is 29.0 Å².